The monoisotopic (exact) mass is 421 g/mol. The van der Waals surface area contributed by atoms with Gasteiger partial charge in [-0.2, -0.15) is 0 Å². The van der Waals surface area contributed by atoms with E-state index in [4.69, 9.17) is 9.47 Å². The number of hydrogen-bond donors (Lipinski definition) is 2. The van der Waals surface area contributed by atoms with Crippen molar-refractivity contribution in [3.05, 3.63) is 83.4 Å². The Labute approximate surface area is 178 Å². The largest absolute Gasteiger partial charge is 0.454 e. The van der Waals surface area contributed by atoms with Gasteiger partial charge in [-0.15, -0.1) is 0 Å². The van der Waals surface area contributed by atoms with Crippen LogP contribution in [0, 0.1) is 5.82 Å². The van der Waals surface area contributed by atoms with E-state index in [1.165, 1.54) is 12.1 Å². The van der Waals surface area contributed by atoms with E-state index in [1.807, 2.05) is 18.2 Å². The van der Waals surface area contributed by atoms with Gasteiger partial charge in [-0.25, -0.2) is 4.39 Å². The molecular formula is C23H20FN3O4. The minimum atomic E-state index is -0.615. The highest BCUT2D eigenvalue weighted by atomic mass is 19.1. The molecular weight excluding hydrogens is 401 g/mol. The second kappa shape index (κ2) is 9.25. The number of pyridine rings is 1. The molecule has 0 atom stereocenters. The number of anilines is 1. The molecule has 2 aromatic carbocycles. The molecule has 3 aromatic rings. The maximum Gasteiger partial charge on any atom is 0.251 e. The molecule has 31 heavy (non-hydrogen) atoms. The number of hydrogen-bond acceptors (Lipinski definition) is 5. The third-order valence-electron chi connectivity index (χ3n) is 4.64. The number of ether oxygens (including phenoxy) is 2. The molecule has 1 aromatic heterocycles. The summed E-state index contributed by atoms with van der Waals surface area (Å²) in [4.78, 5) is 29.0. The molecule has 0 fully saturated rings. The third kappa shape index (κ3) is 5.36. The summed E-state index contributed by atoms with van der Waals surface area (Å²) >= 11 is 0. The van der Waals surface area contributed by atoms with Crippen LogP contribution in [-0.4, -0.2) is 30.1 Å². The van der Waals surface area contributed by atoms with Crippen LogP contribution in [0.15, 0.2) is 60.8 Å². The second-order valence-corrected chi connectivity index (χ2v) is 6.97. The first kappa shape index (κ1) is 20.3. The number of nitrogens with zero attached hydrogens (tertiary/aromatic N) is 1. The molecule has 7 nitrogen and oxygen atoms in total. The van der Waals surface area contributed by atoms with Gasteiger partial charge in [0.1, 0.15) is 5.82 Å². The van der Waals surface area contributed by atoms with Crippen molar-refractivity contribution in [3.63, 3.8) is 0 Å². The van der Waals surface area contributed by atoms with E-state index in [9.17, 15) is 14.0 Å². The summed E-state index contributed by atoms with van der Waals surface area (Å²) in [7, 11) is 0. The Bertz CT molecular complexity index is 1110. The van der Waals surface area contributed by atoms with Crippen molar-refractivity contribution >= 4 is 17.5 Å². The average Bonchev–Trinajstić information content (AvgIpc) is 3.22. The van der Waals surface area contributed by atoms with E-state index in [0.29, 0.717) is 24.5 Å². The van der Waals surface area contributed by atoms with Crippen LogP contribution in [0.25, 0.3) is 0 Å². The SMILES string of the molecule is O=C(Cc1ccc2c(c1)OCO2)Nc1cc(F)cc(C(=O)NCCc2ccccn2)c1. The van der Waals surface area contributed by atoms with Crippen LogP contribution in [0.3, 0.4) is 0 Å². The van der Waals surface area contributed by atoms with Gasteiger partial charge in [-0.1, -0.05) is 12.1 Å². The van der Waals surface area contributed by atoms with E-state index in [1.54, 1.807) is 24.4 Å². The lowest BCUT2D eigenvalue weighted by Crippen LogP contribution is -2.26. The first-order chi connectivity index (χ1) is 15.1. The van der Waals surface area contributed by atoms with E-state index in [-0.39, 0.29) is 30.4 Å². The fourth-order valence-electron chi connectivity index (χ4n) is 3.19. The molecule has 0 spiro atoms. The van der Waals surface area contributed by atoms with Gasteiger partial charge in [-0.05, 0) is 48.0 Å². The van der Waals surface area contributed by atoms with Crippen LogP contribution in [0.2, 0.25) is 0 Å². The Morgan fingerprint density at radius 2 is 1.90 bits per heavy atom. The lowest BCUT2D eigenvalue weighted by Gasteiger charge is -2.09. The highest BCUT2D eigenvalue weighted by molar-refractivity contribution is 5.97. The van der Waals surface area contributed by atoms with Crippen LogP contribution in [-0.2, 0) is 17.6 Å². The van der Waals surface area contributed by atoms with Crippen molar-refractivity contribution in [3.8, 4) is 11.5 Å². The van der Waals surface area contributed by atoms with Gasteiger partial charge in [0.25, 0.3) is 5.91 Å². The number of aromatic nitrogens is 1. The molecule has 2 heterocycles. The molecule has 1 aliphatic heterocycles. The fraction of sp³-hybridized carbons (Fsp3) is 0.174. The Kier molecular flexibility index (Phi) is 6.07. The molecule has 158 valence electrons. The summed E-state index contributed by atoms with van der Waals surface area (Å²) in [5.41, 5.74) is 1.91. The first-order valence-electron chi connectivity index (χ1n) is 9.74. The first-order valence-corrected chi connectivity index (χ1v) is 9.74. The summed E-state index contributed by atoms with van der Waals surface area (Å²) < 4.78 is 24.6. The molecule has 0 saturated carbocycles. The maximum absolute atomic E-state index is 14.0. The standard InChI is InChI=1S/C23H20FN3O4/c24-17-11-16(23(29)26-8-6-18-3-1-2-7-25-18)12-19(13-17)27-22(28)10-15-4-5-20-21(9-15)31-14-30-20/h1-5,7,9,11-13H,6,8,10,14H2,(H,26,29)(H,27,28). The van der Waals surface area contributed by atoms with Crippen molar-refractivity contribution in [1.29, 1.82) is 0 Å². The highest BCUT2D eigenvalue weighted by Crippen LogP contribution is 2.32. The lowest BCUT2D eigenvalue weighted by molar-refractivity contribution is -0.115. The van der Waals surface area contributed by atoms with Crippen LogP contribution in [0.4, 0.5) is 10.1 Å². The molecule has 2 amide bonds. The van der Waals surface area contributed by atoms with E-state index < -0.39 is 11.7 Å². The van der Waals surface area contributed by atoms with Gasteiger partial charge < -0.3 is 20.1 Å². The molecule has 1 aliphatic rings. The summed E-state index contributed by atoms with van der Waals surface area (Å²) in [6.07, 6.45) is 2.31. The van der Waals surface area contributed by atoms with Crippen molar-refractivity contribution < 1.29 is 23.5 Å². The summed E-state index contributed by atoms with van der Waals surface area (Å²) in [6.45, 7) is 0.513. The zero-order chi connectivity index (χ0) is 21.6. The quantitative estimate of drug-likeness (QED) is 0.612. The fourth-order valence-corrected chi connectivity index (χ4v) is 3.19. The number of nitrogens with one attached hydrogen (secondary N) is 2. The number of benzene rings is 2. The Hall–Kier alpha value is -3.94. The predicted octanol–water partition coefficient (Wildman–Crippen LogP) is 3.10. The number of halogens is 1. The molecule has 0 bridgehead atoms. The zero-order valence-corrected chi connectivity index (χ0v) is 16.6. The summed E-state index contributed by atoms with van der Waals surface area (Å²) in [5.74, 6) is -0.169. The smallest absolute Gasteiger partial charge is 0.251 e. The molecule has 0 unspecified atom stereocenters. The van der Waals surface area contributed by atoms with Gasteiger partial charge in [0.2, 0.25) is 12.7 Å². The maximum atomic E-state index is 14.0. The predicted molar refractivity (Wildman–Crippen MR) is 112 cm³/mol. The van der Waals surface area contributed by atoms with Gasteiger partial charge in [0.05, 0.1) is 6.42 Å². The van der Waals surface area contributed by atoms with E-state index >= 15 is 0 Å². The van der Waals surface area contributed by atoms with E-state index in [2.05, 4.69) is 15.6 Å². The number of rotatable bonds is 7. The van der Waals surface area contributed by atoms with Crippen LogP contribution < -0.4 is 20.1 Å². The number of carbonyl (C=O) groups is 2. The molecule has 0 radical (unpaired) electrons. The number of carbonyl (C=O) groups excluding carboxylic acids is 2. The average molecular weight is 421 g/mol. The van der Waals surface area contributed by atoms with Gasteiger partial charge in [0, 0.05) is 36.1 Å². The second-order valence-electron chi connectivity index (χ2n) is 6.97. The molecule has 0 saturated heterocycles. The van der Waals surface area contributed by atoms with Crippen LogP contribution in [0.5, 0.6) is 11.5 Å². The Balaban J connectivity index is 1.35. The van der Waals surface area contributed by atoms with Crippen molar-refractivity contribution in [2.24, 2.45) is 0 Å². The molecule has 8 heteroatoms. The van der Waals surface area contributed by atoms with Gasteiger partial charge in [0.15, 0.2) is 11.5 Å². The minimum Gasteiger partial charge on any atom is -0.454 e. The third-order valence-corrected chi connectivity index (χ3v) is 4.64. The molecule has 2 N–H and O–H groups in total. The van der Waals surface area contributed by atoms with Crippen molar-refractivity contribution in [2.45, 2.75) is 12.8 Å². The zero-order valence-electron chi connectivity index (χ0n) is 16.6. The molecule has 0 aliphatic carbocycles. The van der Waals surface area contributed by atoms with Crippen LogP contribution >= 0.6 is 0 Å². The van der Waals surface area contributed by atoms with Gasteiger partial charge in [-0.3, -0.25) is 14.6 Å². The summed E-state index contributed by atoms with van der Waals surface area (Å²) in [6, 6.07) is 14.5. The van der Waals surface area contributed by atoms with Crippen molar-refractivity contribution in [2.75, 3.05) is 18.7 Å². The Morgan fingerprint density at radius 1 is 1.03 bits per heavy atom. The summed E-state index contributed by atoms with van der Waals surface area (Å²) in [5, 5.41) is 5.37. The topological polar surface area (TPSA) is 89.5 Å². The van der Waals surface area contributed by atoms with E-state index in [0.717, 1.165) is 17.3 Å². The highest BCUT2D eigenvalue weighted by Gasteiger charge is 2.15. The van der Waals surface area contributed by atoms with Crippen molar-refractivity contribution in [1.82, 2.24) is 10.3 Å². The molecule has 4 rings (SSSR count). The van der Waals surface area contributed by atoms with Crippen LogP contribution in [0.1, 0.15) is 21.6 Å². The minimum absolute atomic E-state index is 0.0682. The normalized spacial score (nSPS) is 11.8. The van der Waals surface area contributed by atoms with Gasteiger partial charge >= 0.3 is 0 Å². The number of amides is 2. The Morgan fingerprint density at radius 3 is 2.74 bits per heavy atom. The lowest BCUT2D eigenvalue weighted by atomic mass is 10.1. The number of fused-ring (bicyclic) bond motifs is 1.